The van der Waals surface area contributed by atoms with Gasteiger partial charge in [-0.05, 0) is 24.3 Å². The highest BCUT2D eigenvalue weighted by Crippen LogP contribution is 2.31. The van der Waals surface area contributed by atoms with Gasteiger partial charge in [-0.25, -0.2) is 8.42 Å². The molecule has 1 aliphatic heterocycles. The third-order valence-corrected chi connectivity index (χ3v) is 6.75. The molecule has 0 aliphatic carbocycles. The first-order valence-electron chi connectivity index (χ1n) is 9.41. The van der Waals surface area contributed by atoms with E-state index in [4.69, 9.17) is 0 Å². The standard InChI is InChI=1S/C20H22F3N3O3S/c21-20(22,23)18-9-5-4-8-17(18)19(27)24-10-15-30(28,29)26-13-11-25(12-14-26)16-6-2-1-3-7-16/h1-9H,10-15H2,(H,24,27). The van der Waals surface area contributed by atoms with E-state index >= 15 is 0 Å². The molecular formula is C20H22F3N3O3S. The second kappa shape index (κ2) is 9.05. The summed E-state index contributed by atoms with van der Waals surface area (Å²) in [4.78, 5) is 14.2. The summed E-state index contributed by atoms with van der Waals surface area (Å²) < 4.78 is 65.5. The van der Waals surface area contributed by atoms with Gasteiger partial charge in [0.25, 0.3) is 5.91 Å². The largest absolute Gasteiger partial charge is 0.417 e. The van der Waals surface area contributed by atoms with Gasteiger partial charge in [-0.3, -0.25) is 4.79 Å². The van der Waals surface area contributed by atoms with Gasteiger partial charge >= 0.3 is 6.18 Å². The molecular weight excluding hydrogens is 419 g/mol. The molecule has 162 valence electrons. The van der Waals surface area contributed by atoms with E-state index < -0.39 is 33.2 Å². The van der Waals surface area contributed by atoms with Gasteiger partial charge in [-0.1, -0.05) is 30.3 Å². The monoisotopic (exact) mass is 441 g/mol. The number of nitrogens with one attached hydrogen (secondary N) is 1. The van der Waals surface area contributed by atoms with Crippen LogP contribution < -0.4 is 10.2 Å². The van der Waals surface area contributed by atoms with E-state index in [-0.39, 0.29) is 12.3 Å². The highest BCUT2D eigenvalue weighted by atomic mass is 32.2. The lowest BCUT2D eigenvalue weighted by Crippen LogP contribution is -2.50. The number of benzene rings is 2. The molecule has 2 aromatic carbocycles. The van der Waals surface area contributed by atoms with Crippen molar-refractivity contribution in [3.63, 3.8) is 0 Å². The van der Waals surface area contributed by atoms with Gasteiger partial charge in [-0.15, -0.1) is 0 Å². The first-order chi connectivity index (χ1) is 14.2. The van der Waals surface area contributed by atoms with E-state index in [0.717, 1.165) is 17.8 Å². The summed E-state index contributed by atoms with van der Waals surface area (Å²) >= 11 is 0. The lowest BCUT2D eigenvalue weighted by Gasteiger charge is -2.35. The Kier molecular flexibility index (Phi) is 6.67. The summed E-state index contributed by atoms with van der Waals surface area (Å²) in [5, 5.41) is 2.29. The van der Waals surface area contributed by atoms with Crippen molar-refractivity contribution in [2.45, 2.75) is 6.18 Å². The molecule has 1 amide bonds. The van der Waals surface area contributed by atoms with Crippen molar-refractivity contribution in [2.75, 3.05) is 43.4 Å². The van der Waals surface area contributed by atoms with Crippen LogP contribution in [0.5, 0.6) is 0 Å². The van der Waals surface area contributed by atoms with Crippen molar-refractivity contribution in [2.24, 2.45) is 0 Å². The second-order valence-corrected chi connectivity index (χ2v) is 8.93. The highest BCUT2D eigenvalue weighted by Gasteiger charge is 2.35. The maximum Gasteiger partial charge on any atom is 0.417 e. The zero-order valence-electron chi connectivity index (χ0n) is 16.1. The lowest BCUT2D eigenvalue weighted by atomic mass is 10.1. The first kappa shape index (κ1) is 22.1. The minimum atomic E-state index is -4.67. The predicted molar refractivity (Wildman–Crippen MR) is 108 cm³/mol. The number of nitrogens with zero attached hydrogens (tertiary/aromatic N) is 2. The molecule has 2 aromatic rings. The van der Waals surface area contributed by atoms with E-state index in [1.54, 1.807) is 0 Å². The van der Waals surface area contributed by atoms with Crippen LogP contribution in [0.2, 0.25) is 0 Å². The molecule has 30 heavy (non-hydrogen) atoms. The number of carbonyl (C=O) groups is 1. The molecule has 0 aromatic heterocycles. The first-order valence-corrected chi connectivity index (χ1v) is 11.0. The number of piperazine rings is 1. The van der Waals surface area contributed by atoms with E-state index in [2.05, 4.69) is 10.2 Å². The Bertz CT molecular complexity index is 974. The molecule has 1 saturated heterocycles. The molecule has 1 N–H and O–H groups in total. The predicted octanol–water partition coefficient (Wildman–Crippen LogP) is 2.59. The van der Waals surface area contributed by atoms with Crippen molar-refractivity contribution < 1.29 is 26.4 Å². The smallest absolute Gasteiger partial charge is 0.369 e. The van der Waals surface area contributed by atoms with Crippen molar-refractivity contribution in [3.05, 3.63) is 65.7 Å². The summed E-state index contributed by atoms with van der Waals surface area (Å²) in [7, 11) is -3.64. The fourth-order valence-corrected chi connectivity index (χ4v) is 4.65. The maximum atomic E-state index is 13.0. The normalized spacial score (nSPS) is 15.8. The van der Waals surface area contributed by atoms with Crippen molar-refractivity contribution in [1.82, 2.24) is 9.62 Å². The van der Waals surface area contributed by atoms with Crippen LogP contribution in [0.25, 0.3) is 0 Å². The Hall–Kier alpha value is -2.59. The molecule has 0 spiro atoms. The summed E-state index contributed by atoms with van der Waals surface area (Å²) in [5.74, 6) is -1.33. The van der Waals surface area contributed by atoms with Gasteiger partial charge in [0.15, 0.2) is 0 Å². The Balaban J connectivity index is 1.53. The Morgan fingerprint density at radius 1 is 0.933 bits per heavy atom. The number of halogens is 3. The number of anilines is 1. The molecule has 6 nitrogen and oxygen atoms in total. The minimum Gasteiger partial charge on any atom is -0.369 e. The summed E-state index contributed by atoms with van der Waals surface area (Å²) in [6.45, 7) is 1.42. The van der Waals surface area contributed by atoms with Crippen LogP contribution in [-0.4, -0.2) is 57.1 Å². The van der Waals surface area contributed by atoms with Crippen LogP contribution in [0.1, 0.15) is 15.9 Å². The average molecular weight is 441 g/mol. The molecule has 1 aliphatic rings. The third-order valence-electron chi connectivity index (χ3n) is 4.88. The van der Waals surface area contributed by atoms with Gasteiger partial charge in [0, 0.05) is 38.4 Å². The molecule has 0 radical (unpaired) electrons. The summed E-state index contributed by atoms with van der Waals surface area (Å²) in [5.41, 5.74) is -0.564. The summed E-state index contributed by atoms with van der Waals surface area (Å²) in [6, 6.07) is 14.1. The van der Waals surface area contributed by atoms with Crippen LogP contribution >= 0.6 is 0 Å². The number of carbonyl (C=O) groups excluding carboxylic acids is 1. The Morgan fingerprint density at radius 3 is 2.17 bits per heavy atom. The molecule has 10 heteroatoms. The van der Waals surface area contributed by atoms with E-state index in [1.807, 2.05) is 30.3 Å². The van der Waals surface area contributed by atoms with E-state index in [0.29, 0.717) is 26.2 Å². The van der Waals surface area contributed by atoms with Crippen LogP contribution in [0.3, 0.4) is 0 Å². The number of hydrogen-bond donors (Lipinski definition) is 1. The van der Waals surface area contributed by atoms with Crippen LogP contribution in [0, 0.1) is 0 Å². The minimum absolute atomic E-state index is 0.272. The van der Waals surface area contributed by atoms with Gasteiger partial charge in [-0.2, -0.15) is 17.5 Å². The lowest BCUT2D eigenvalue weighted by molar-refractivity contribution is -0.137. The van der Waals surface area contributed by atoms with Crippen LogP contribution in [-0.2, 0) is 16.2 Å². The Labute approximate surface area is 173 Å². The molecule has 1 heterocycles. The van der Waals surface area contributed by atoms with Gasteiger partial charge in [0.1, 0.15) is 0 Å². The van der Waals surface area contributed by atoms with E-state index in [1.165, 1.54) is 16.4 Å². The molecule has 0 bridgehead atoms. The fourth-order valence-electron chi connectivity index (χ4n) is 3.31. The van der Waals surface area contributed by atoms with Gasteiger partial charge in [0.05, 0.1) is 16.9 Å². The molecule has 0 saturated carbocycles. The SMILES string of the molecule is O=C(NCCS(=O)(=O)N1CCN(c2ccccc2)CC1)c1ccccc1C(F)(F)F. The van der Waals surface area contributed by atoms with Crippen LogP contribution in [0.4, 0.5) is 18.9 Å². The third kappa shape index (κ3) is 5.31. The maximum absolute atomic E-state index is 13.0. The van der Waals surface area contributed by atoms with Crippen LogP contribution in [0.15, 0.2) is 54.6 Å². The Morgan fingerprint density at radius 2 is 1.53 bits per heavy atom. The van der Waals surface area contributed by atoms with Crippen molar-refractivity contribution >= 4 is 21.6 Å². The fraction of sp³-hybridized carbons (Fsp3) is 0.350. The second-order valence-electron chi connectivity index (χ2n) is 6.84. The number of para-hydroxylation sites is 1. The number of amides is 1. The van der Waals surface area contributed by atoms with Gasteiger partial charge in [0.2, 0.25) is 10.0 Å². The van der Waals surface area contributed by atoms with Gasteiger partial charge < -0.3 is 10.2 Å². The topological polar surface area (TPSA) is 69.7 Å². The quantitative estimate of drug-likeness (QED) is 0.748. The zero-order valence-corrected chi connectivity index (χ0v) is 16.9. The zero-order chi connectivity index (χ0) is 21.8. The molecule has 1 fully saturated rings. The summed E-state index contributed by atoms with van der Waals surface area (Å²) in [6.07, 6.45) is -4.67. The van der Waals surface area contributed by atoms with Crippen molar-refractivity contribution in [3.8, 4) is 0 Å². The molecule has 0 unspecified atom stereocenters. The number of alkyl halides is 3. The van der Waals surface area contributed by atoms with Crippen molar-refractivity contribution in [1.29, 1.82) is 0 Å². The molecule has 0 atom stereocenters. The highest BCUT2D eigenvalue weighted by molar-refractivity contribution is 7.89. The molecule has 3 rings (SSSR count). The van der Waals surface area contributed by atoms with E-state index in [9.17, 15) is 26.4 Å². The number of hydrogen-bond acceptors (Lipinski definition) is 4. The number of rotatable bonds is 6. The average Bonchev–Trinajstić information content (AvgIpc) is 2.73. The number of sulfonamides is 1.